The maximum Gasteiger partial charge on any atom is 0.253 e. The van der Waals surface area contributed by atoms with Crippen molar-refractivity contribution in [2.45, 2.75) is 19.9 Å². The normalized spacial score (nSPS) is 14.4. The van der Waals surface area contributed by atoms with Crippen molar-refractivity contribution in [1.82, 2.24) is 14.8 Å². The third kappa shape index (κ3) is 6.37. The lowest BCUT2D eigenvalue weighted by molar-refractivity contribution is 0.0367. The number of rotatable bonds is 7. The van der Waals surface area contributed by atoms with Crippen molar-refractivity contribution in [3.63, 3.8) is 0 Å². The highest BCUT2D eigenvalue weighted by molar-refractivity contribution is 7.80. The molecule has 174 valence electrons. The number of hydrogen-bond acceptors (Lipinski definition) is 4. The molecule has 6 nitrogen and oxygen atoms in total. The molecule has 2 heterocycles. The van der Waals surface area contributed by atoms with Gasteiger partial charge in [0.15, 0.2) is 5.11 Å². The van der Waals surface area contributed by atoms with E-state index in [4.69, 9.17) is 17.0 Å². The number of anilines is 1. The number of aromatic amines is 1. The molecule has 8 heteroatoms. The minimum absolute atomic E-state index is 0.115. The van der Waals surface area contributed by atoms with Crippen molar-refractivity contribution >= 4 is 33.9 Å². The number of ether oxygens (including phenoxy) is 1. The molecule has 0 unspecified atom stereocenters. The molecule has 1 saturated heterocycles. The van der Waals surface area contributed by atoms with E-state index in [1.54, 1.807) is 12.1 Å². The number of pyridine rings is 1. The largest absolute Gasteiger partial charge is 0.379 e. The summed E-state index contributed by atoms with van der Waals surface area (Å²) in [6.45, 7) is 7.41. The number of aromatic nitrogens is 1. The quantitative estimate of drug-likeness (QED) is 0.513. The van der Waals surface area contributed by atoms with Crippen molar-refractivity contribution in [3.8, 4) is 0 Å². The first-order valence-corrected chi connectivity index (χ1v) is 11.6. The number of halogens is 1. The molecule has 0 bridgehead atoms. The van der Waals surface area contributed by atoms with E-state index < -0.39 is 0 Å². The van der Waals surface area contributed by atoms with E-state index in [2.05, 4.69) is 15.2 Å². The van der Waals surface area contributed by atoms with Crippen molar-refractivity contribution in [1.29, 1.82) is 0 Å². The van der Waals surface area contributed by atoms with Gasteiger partial charge in [0.05, 0.1) is 19.8 Å². The summed E-state index contributed by atoms with van der Waals surface area (Å²) in [7, 11) is 0. The van der Waals surface area contributed by atoms with Gasteiger partial charge in [0, 0.05) is 42.9 Å². The highest BCUT2D eigenvalue weighted by atomic mass is 32.1. The summed E-state index contributed by atoms with van der Waals surface area (Å²) in [6.07, 6.45) is 0.899. The minimum Gasteiger partial charge on any atom is -0.379 e. The zero-order valence-electron chi connectivity index (χ0n) is 18.8. The minimum atomic E-state index is -0.299. The highest BCUT2D eigenvalue weighted by Gasteiger charge is 2.16. The van der Waals surface area contributed by atoms with Gasteiger partial charge in [0.2, 0.25) is 0 Å². The van der Waals surface area contributed by atoms with Crippen LogP contribution < -0.4 is 10.9 Å². The number of thiocarbonyl (C=S) groups is 1. The van der Waals surface area contributed by atoms with Gasteiger partial charge in [0.25, 0.3) is 5.56 Å². The second-order valence-corrected chi connectivity index (χ2v) is 8.77. The molecule has 2 aromatic carbocycles. The fraction of sp³-hybridized carbons (Fsp3) is 0.360. The lowest BCUT2D eigenvalue weighted by Crippen LogP contribution is -2.40. The highest BCUT2D eigenvalue weighted by Crippen LogP contribution is 2.16. The predicted octanol–water partition coefficient (Wildman–Crippen LogP) is 3.90. The molecular weight excluding hydrogens is 439 g/mol. The Morgan fingerprint density at radius 3 is 2.70 bits per heavy atom. The van der Waals surface area contributed by atoms with E-state index in [1.165, 1.54) is 12.1 Å². The zero-order chi connectivity index (χ0) is 23.2. The van der Waals surface area contributed by atoms with Gasteiger partial charge in [0.1, 0.15) is 5.82 Å². The number of aryl methyl sites for hydroxylation is 1. The van der Waals surface area contributed by atoms with E-state index in [0.29, 0.717) is 29.5 Å². The maximum atomic E-state index is 13.3. The Morgan fingerprint density at radius 2 is 1.94 bits per heavy atom. The van der Waals surface area contributed by atoms with Gasteiger partial charge >= 0.3 is 0 Å². The number of morpholine rings is 1. The summed E-state index contributed by atoms with van der Waals surface area (Å²) in [6, 6.07) is 14.0. The fourth-order valence-corrected chi connectivity index (χ4v) is 4.25. The third-order valence-corrected chi connectivity index (χ3v) is 6.19. The van der Waals surface area contributed by atoms with Crippen LogP contribution in [0.3, 0.4) is 0 Å². The molecule has 0 radical (unpaired) electrons. The Balaban J connectivity index is 1.50. The van der Waals surface area contributed by atoms with Crippen LogP contribution in [0.25, 0.3) is 10.9 Å². The molecule has 0 aliphatic carbocycles. The average molecular weight is 469 g/mol. The summed E-state index contributed by atoms with van der Waals surface area (Å²) in [5.41, 5.74) is 3.18. The van der Waals surface area contributed by atoms with Gasteiger partial charge in [-0.15, -0.1) is 0 Å². The molecule has 1 aliphatic heterocycles. The van der Waals surface area contributed by atoms with E-state index in [-0.39, 0.29) is 11.4 Å². The molecule has 2 N–H and O–H groups in total. The summed E-state index contributed by atoms with van der Waals surface area (Å²) in [5.74, 6) is -0.299. The molecule has 0 spiro atoms. The van der Waals surface area contributed by atoms with Gasteiger partial charge in [-0.2, -0.15) is 0 Å². The molecule has 1 aliphatic rings. The summed E-state index contributed by atoms with van der Waals surface area (Å²) in [5, 5.41) is 4.68. The number of H-pyrrole nitrogens is 1. The average Bonchev–Trinajstić information content (AvgIpc) is 2.81. The second-order valence-electron chi connectivity index (χ2n) is 8.38. The number of nitrogens with one attached hydrogen (secondary N) is 2. The van der Waals surface area contributed by atoms with E-state index in [0.717, 1.165) is 55.7 Å². The van der Waals surface area contributed by atoms with Crippen LogP contribution in [-0.2, 0) is 11.3 Å². The van der Waals surface area contributed by atoms with Crippen molar-refractivity contribution in [3.05, 3.63) is 75.8 Å². The monoisotopic (exact) mass is 468 g/mol. The van der Waals surface area contributed by atoms with Gasteiger partial charge in [-0.25, -0.2) is 4.39 Å². The van der Waals surface area contributed by atoms with Gasteiger partial charge < -0.3 is 19.9 Å². The standard InChI is InChI=1S/C25H29FN4O2S/c1-18-3-4-19-16-20(24(31)28-23(19)15-18)17-30(10-2-9-29-11-13-32-14-12-29)25(33)27-22-7-5-21(26)6-8-22/h3-8,15-16H,2,9-14,17H2,1H3,(H,27,33)(H,28,31). The first-order chi connectivity index (χ1) is 16.0. The maximum absolute atomic E-state index is 13.3. The Morgan fingerprint density at radius 1 is 1.18 bits per heavy atom. The molecule has 33 heavy (non-hydrogen) atoms. The Bertz CT molecular complexity index is 1160. The topological polar surface area (TPSA) is 60.6 Å². The van der Waals surface area contributed by atoms with Crippen LogP contribution in [0.5, 0.6) is 0 Å². The van der Waals surface area contributed by atoms with Crippen molar-refractivity contribution < 1.29 is 9.13 Å². The van der Waals surface area contributed by atoms with E-state index in [9.17, 15) is 9.18 Å². The molecule has 1 aromatic heterocycles. The lowest BCUT2D eigenvalue weighted by Gasteiger charge is -2.29. The predicted molar refractivity (Wildman–Crippen MR) is 134 cm³/mol. The smallest absolute Gasteiger partial charge is 0.253 e. The molecule has 0 amide bonds. The molecular formula is C25H29FN4O2S. The van der Waals surface area contributed by atoms with Crippen LogP contribution in [0.1, 0.15) is 17.5 Å². The SMILES string of the molecule is Cc1ccc2cc(CN(CCCN3CCOCC3)C(=S)Nc3ccc(F)cc3)c(=O)[nH]c2c1. The molecule has 1 fully saturated rings. The van der Waals surface area contributed by atoms with Gasteiger partial charge in [-0.05, 0) is 72.9 Å². The zero-order valence-corrected chi connectivity index (χ0v) is 19.6. The molecule has 0 atom stereocenters. The molecule has 4 rings (SSSR count). The van der Waals surface area contributed by atoms with Crippen LogP contribution in [-0.4, -0.2) is 59.3 Å². The van der Waals surface area contributed by atoms with Gasteiger partial charge in [-0.3, -0.25) is 9.69 Å². The Kier molecular flexibility index (Phi) is 7.69. The Hall–Kier alpha value is -2.81. The van der Waals surface area contributed by atoms with Crippen LogP contribution in [0.2, 0.25) is 0 Å². The summed E-state index contributed by atoms with van der Waals surface area (Å²) >= 11 is 5.69. The molecule has 3 aromatic rings. The lowest BCUT2D eigenvalue weighted by atomic mass is 10.1. The van der Waals surface area contributed by atoms with Crippen LogP contribution >= 0.6 is 12.2 Å². The molecule has 0 saturated carbocycles. The number of fused-ring (bicyclic) bond motifs is 1. The van der Waals surface area contributed by atoms with Crippen molar-refractivity contribution in [2.75, 3.05) is 44.7 Å². The first kappa shape index (κ1) is 23.4. The number of nitrogens with zero attached hydrogens (tertiary/aromatic N) is 2. The van der Waals surface area contributed by atoms with Crippen LogP contribution in [0, 0.1) is 12.7 Å². The Labute approximate surface area is 198 Å². The van der Waals surface area contributed by atoms with Crippen LogP contribution in [0.15, 0.2) is 53.3 Å². The third-order valence-electron chi connectivity index (χ3n) is 5.83. The van der Waals surface area contributed by atoms with E-state index >= 15 is 0 Å². The summed E-state index contributed by atoms with van der Waals surface area (Å²) in [4.78, 5) is 20.2. The number of hydrogen-bond donors (Lipinski definition) is 2. The van der Waals surface area contributed by atoms with Gasteiger partial charge in [-0.1, -0.05) is 12.1 Å². The number of benzene rings is 2. The van der Waals surface area contributed by atoms with Crippen LogP contribution in [0.4, 0.5) is 10.1 Å². The fourth-order valence-electron chi connectivity index (χ4n) is 3.98. The summed E-state index contributed by atoms with van der Waals surface area (Å²) < 4.78 is 18.7. The first-order valence-electron chi connectivity index (χ1n) is 11.2. The van der Waals surface area contributed by atoms with Crippen molar-refractivity contribution in [2.24, 2.45) is 0 Å². The second kappa shape index (κ2) is 10.9. The van der Waals surface area contributed by atoms with E-state index in [1.807, 2.05) is 36.1 Å².